The van der Waals surface area contributed by atoms with Crippen LogP contribution in [0.5, 0.6) is 0 Å². The van der Waals surface area contributed by atoms with Gasteiger partial charge < -0.3 is 10.0 Å². The van der Waals surface area contributed by atoms with Crippen LogP contribution in [0, 0.1) is 12.8 Å². The van der Waals surface area contributed by atoms with Crippen LogP contribution in [-0.4, -0.2) is 45.3 Å². The Hall–Kier alpha value is -2.84. The van der Waals surface area contributed by atoms with Gasteiger partial charge in [0, 0.05) is 13.6 Å². The molecule has 1 aromatic heterocycles. The third-order valence-electron chi connectivity index (χ3n) is 3.86. The van der Waals surface area contributed by atoms with Gasteiger partial charge in [-0.1, -0.05) is 24.6 Å². The Labute approximate surface area is 147 Å². The highest BCUT2D eigenvalue weighted by atomic mass is 19.4. The zero-order chi connectivity index (χ0) is 19.6. The van der Waals surface area contributed by atoms with Crippen LogP contribution in [0.3, 0.4) is 0 Å². The van der Waals surface area contributed by atoms with E-state index in [1.54, 1.807) is 19.1 Å². The zero-order valence-electron chi connectivity index (χ0n) is 14.4. The molecule has 2 rings (SSSR count). The second-order valence-electron chi connectivity index (χ2n) is 6.08. The molecule has 0 aliphatic rings. The highest BCUT2D eigenvalue weighted by molar-refractivity contribution is 5.95. The van der Waals surface area contributed by atoms with Crippen molar-refractivity contribution in [1.29, 1.82) is 0 Å². The number of carbonyl (C=O) groups excluding carboxylic acids is 1. The fourth-order valence-electron chi connectivity index (χ4n) is 2.44. The van der Waals surface area contributed by atoms with Gasteiger partial charge in [0.25, 0.3) is 5.91 Å². The molecule has 0 saturated carbocycles. The van der Waals surface area contributed by atoms with Crippen LogP contribution in [0.25, 0.3) is 5.69 Å². The zero-order valence-corrected chi connectivity index (χ0v) is 14.4. The van der Waals surface area contributed by atoms with E-state index in [4.69, 9.17) is 5.11 Å². The highest BCUT2D eigenvalue weighted by Crippen LogP contribution is 2.34. The Morgan fingerprint density at radius 1 is 1.27 bits per heavy atom. The number of amides is 1. The average Bonchev–Trinajstić information content (AvgIpc) is 2.99. The lowest BCUT2D eigenvalue weighted by Gasteiger charge is -2.20. The molecule has 1 atom stereocenters. The van der Waals surface area contributed by atoms with E-state index < -0.39 is 35.2 Å². The molecule has 0 radical (unpaired) electrons. The number of hydrogen-bond acceptors (Lipinski definition) is 3. The number of alkyl halides is 3. The summed E-state index contributed by atoms with van der Waals surface area (Å²) in [6.45, 7) is 2.94. The predicted molar refractivity (Wildman–Crippen MR) is 87.1 cm³/mol. The van der Waals surface area contributed by atoms with Gasteiger partial charge in [0.15, 0.2) is 5.69 Å². The van der Waals surface area contributed by atoms with Gasteiger partial charge >= 0.3 is 12.1 Å². The molecule has 0 fully saturated rings. The number of carboxylic acid groups (broad SMARTS) is 1. The fraction of sp³-hybridized carbons (Fsp3) is 0.353. The number of aliphatic carboxylic acids is 1. The smallest absolute Gasteiger partial charge is 0.434 e. The Morgan fingerprint density at radius 2 is 1.85 bits per heavy atom. The molecular weight excluding hydrogens is 351 g/mol. The first-order valence-corrected chi connectivity index (χ1v) is 7.73. The maximum atomic E-state index is 13.6. The van der Waals surface area contributed by atoms with Gasteiger partial charge in [-0.25, -0.2) is 4.68 Å². The van der Waals surface area contributed by atoms with E-state index >= 15 is 0 Å². The summed E-state index contributed by atoms with van der Waals surface area (Å²) >= 11 is 0. The van der Waals surface area contributed by atoms with Crippen molar-refractivity contribution in [3.05, 3.63) is 47.3 Å². The molecule has 0 spiro atoms. The van der Waals surface area contributed by atoms with E-state index in [1.807, 2.05) is 0 Å². The minimum Gasteiger partial charge on any atom is -0.481 e. The molecule has 1 N–H and O–H groups in total. The van der Waals surface area contributed by atoms with Crippen molar-refractivity contribution in [3.63, 3.8) is 0 Å². The van der Waals surface area contributed by atoms with Gasteiger partial charge in [-0.2, -0.15) is 18.3 Å². The molecule has 2 aromatic rings. The first-order valence-electron chi connectivity index (χ1n) is 7.73. The molecule has 26 heavy (non-hydrogen) atoms. The Kier molecular flexibility index (Phi) is 5.38. The highest BCUT2D eigenvalue weighted by Gasteiger charge is 2.41. The van der Waals surface area contributed by atoms with Gasteiger partial charge in [0.1, 0.15) is 0 Å². The SMILES string of the molecule is Cc1ccc(-n2ncc(C(=O)N(C)CC(C)C(=O)O)c2C(F)(F)F)cc1. The summed E-state index contributed by atoms with van der Waals surface area (Å²) in [5, 5.41) is 12.6. The number of rotatable bonds is 5. The maximum absolute atomic E-state index is 13.6. The second kappa shape index (κ2) is 7.19. The topological polar surface area (TPSA) is 75.4 Å². The number of carboxylic acids is 1. The van der Waals surface area contributed by atoms with Crippen molar-refractivity contribution in [2.24, 2.45) is 5.92 Å². The summed E-state index contributed by atoms with van der Waals surface area (Å²) in [5.41, 5.74) is -0.781. The quantitative estimate of drug-likeness (QED) is 0.879. The summed E-state index contributed by atoms with van der Waals surface area (Å²) < 4.78 is 41.5. The van der Waals surface area contributed by atoms with E-state index in [2.05, 4.69) is 5.10 Å². The molecular formula is C17H18F3N3O3. The minimum atomic E-state index is -4.81. The van der Waals surface area contributed by atoms with Crippen molar-refractivity contribution in [3.8, 4) is 5.69 Å². The number of carbonyl (C=O) groups is 2. The maximum Gasteiger partial charge on any atom is 0.434 e. The fourth-order valence-corrected chi connectivity index (χ4v) is 2.44. The number of aromatic nitrogens is 2. The number of hydrogen-bond donors (Lipinski definition) is 1. The summed E-state index contributed by atoms with van der Waals surface area (Å²) in [5.74, 6) is -3.00. The number of aryl methyl sites for hydroxylation is 1. The van der Waals surface area contributed by atoms with Crippen LogP contribution in [0.1, 0.15) is 28.5 Å². The van der Waals surface area contributed by atoms with Crippen LogP contribution in [0.15, 0.2) is 30.5 Å². The summed E-state index contributed by atoms with van der Waals surface area (Å²) in [6, 6.07) is 6.22. The third kappa shape index (κ3) is 4.04. The summed E-state index contributed by atoms with van der Waals surface area (Å²) in [7, 11) is 1.26. The molecule has 0 saturated heterocycles. The Morgan fingerprint density at radius 3 is 2.35 bits per heavy atom. The molecule has 1 amide bonds. The largest absolute Gasteiger partial charge is 0.481 e. The molecule has 1 aromatic carbocycles. The molecule has 1 unspecified atom stereocenters. The van der Waals surface area contributed by atoms with Crippen LogP contribution >= 0.6 is 0 Å². The second-order valence-corrected chi connectivity index (χ2v) is 6.08. The average molecular weight is 369 g/mol. The molecule has 0 aliphatic carbocycles. The van der Waals surface area contributed by atoms with Crippen molar-refractivity contribution in [2.45, 2.75) is 20.0 Å². The molecule has 0 aliphatic heterocycles. The lowest BCUT2D eigenvalue weighted by Crippen LogP contribution is -2.34. The molecule has 1 heterocycles. The number of halogens is 3. The van der Waals surface area contributed by atoms with Crippen LogP contribution < -0.4 is 0 Å². The van der Waals surface area contributed by atoms with Gasteiger partial charge in [0.05, 0.1) is 23.4 Å². The van der Waals surface area contributed by atoms with Gasteiger partial charge in [-0.05, 0) is 19.1 Å². The molecule has 9 heteroatoms. The monoisotopic (exact) mass is 369 g/mol. The van der Waals surface area contributed by atoms with Gasteiger partial charge in [0.2, 0.25) is 0 Å². The molecule has 140 valence electrons. The summed E-state index contributed by atoms with van der Waals surface area (Å²) in [4.78, 5) is 24.3. The minimum absolute atomic E-state index is 0.170. The van der Waals surface area contributed by atoms with E-state index in [0.717, 1.165) is 16.7 Å². The van der Waals surface area contributed by atoms with Crippen LogP contribution in [0.4, 0.5) is 13.2 Å². The van der Waals surface area contributed by atoms with Crippen LogP contribution in [0.2, 0.25) is 0 Å². The van der Waals surface area contributed by atoms with E-state index in [1.165, 1.54) is 26.1 Å². The van der Waals surface area contributed by atoms with E-state index in [9.17, 15) is 22.8 Å². The standard InChI is InChI=1S/C17H18F3N3O3/c1-10-4-6-12(7-5-10)23-14(17(18,19)20)13(8-21-23)15(24)22(3)9-11(2)16(25)26/h4-8,11H,9H2,1-3H3,(H,25,26). The first kappa shape index (κ1) is 19.5. The predicted octanol–water partition coefficient (Wildman–Crippen LogP) is 2.99. The third-order valence-corrected chi connectivity index (χ3v) is 3.86. The van der Waals surface area contributed by atoms with Crippen molar-refractivity contribution in [2.75, 3.05) is 13.6 Å². The van der Waals surface area contributed by atoms with E-state index in [0.29, 0.717) is 4.68 Å². The van der Waals surface area contributed by atoms with Crippen molar-refractivity contribution >= 4 is 11.9 Å². The normalized spacial score (nSPS) is 12.7. The van der Waals surface area contributed by atoms with Crippen LogP contribution in [-0.2, 0) is 11.0 Å². The number of benzene rings is 1. The lowest BCUT2D eigenvalue weighted by molar-refractivity contribution is -0.143. The molecule has 0 bridgehead atoms. The summed E-state index contributed by atoms with van der Waals surface area (Å²) in [6.07, 6.45) is -3.96. The van der Waals surface area contributed by atoms with Gasteiger partial charge in [-0.15, -0.1) is 0 Å². The molecule has 6 nitrogen and oxygen atoms in total. The Balaban J connectivity index is 2.45. The van der Waals surface area contributed by atoms with Crippen molar-refractivity contribution < 1.29 is 27.9 Å². The Bertz CT molecular complexity index is 813. The van der Waals surface area contributed by atoms with Gasteiger partial charge in [-0.3, -0.25) is 9.59 Å². The number of nitrogens with zero attached hydrogens (tertiary/aromatic N) is 3. The van der Waals surface area contributed by atoms with Crippen molar-refractivity contribution in [1.82, 2.24) is 14.7 Å². The first-order chi connectivity index (χ1) is 12.0. The lowest BCUT2D eigenvalue weighted by atomic mass is 10.1. The van der Waals surface area contributed by atoms with E-state index in [-0.39, 0.29) is 12.2 Å².